The zero-order valence-corrected chi connectivity index (χ0v) is 31.2. The fraction of sp³-hybridized carbons (Fsp3) is 0.500. The van der Waals surface area contributed by atoms with Gasteiger partial charge < -0.3 is 59.1 Å². The van der Waals surface area contributed by atoms with Gasteiger partial charge in [-0.05, 0) is 0 Å². The monoisotopic (exact) mass is 958 g/mol. The maximum absolute atomic E-state index is 9.84. The van der Waals surface area contributed by atoms with Crippen LogP contribution in [0.4, 0.5) is 0 Å². The molecule has 0 aliphatic heterocycles. The maximum Gasteiger partial charge on any atom is 4.00 e. The van der Waals surface area contributed by atoms with E-state index in [9.17, 15) is 88.2 Å². The molecule has 0 aromatic rings. The number of rotatable bonds is 18. The van der Waals surface area contributed by atoms with E-state index in [2.05, 4.69) is 28.4 Å². The molecule has 0 unspecified atom stereocenters. The van der Waals surface area contributed by atoms with E-state index in [-0.39, 0.29) is 126 Å². The van der Waals surface area contributed by atoms with Crippen molar-refractivity contribution in [2.75, 3.05) is 79.3 Å². The quantitative estimate of drug-likeness (QED) is 0.0405. The second-order valence-electron chi connectivity index (χ2n) is 5.94. The van der Waals surface area contributed by atoms with Crippen LogP contribution in [-0.2, 0) is 108 Å². The normalized spacial score (nSPS) is 7.80. The van der Waals surface area contributed by atoms with E-state index >= 15 is 0 Å². The van der Waals surface area contributed by atoms with Gasteiger partial charge in [-0.1, -0.05) is 0 Å². The molecule has 0 saturated heterocycles. The van der Waals surface area contributed by atoms with Gasteiger partial charge in [0.2, 0.25) is 37.7 Å². The van der Waals surface area contributed by atoms with Crippen LogP contribution in [0, 0.1) is 0 Å². The number of carbonyl (C=O) groups is 12. The molecule has 0 aliphatic carbocycles. The average Bonchev–Trinajstić information content (AvgIpc) is 3.12. The van der Waals surface area contributed by atoms with Gasteiger partial charge in [-0.2, -0.15) is 0 Å². The SMILES string of the molecule is O=CC(=O)OCC[O-].O=CC(=O)OCC[O-].O=CC(=O)OCC[O-].O=CC(=O)OCC[O-].O=CC(=O)OCC[O-].O=CC(=O)OCC[O-].[Pb+2].[Ti+4]. The molecule has 0 N–H and O–H groups in total. The van der Waals surface area contributed by atoms with Gasteiger partial charge in [-0.3, -0.25) is 28.8 Å². The zero-order chi connectivity index (χ0) is 38.4. The molecule has 0 amide bonds. The van der Waals surface area contributed by atoms with Gasteiger partial charge in [0, 0.05) is 0 Å². The molecule has 0 heterocycles. The maximum atomic E-state index is 9.84. The van der Waals surface area contributed by atoms with Crippen molar-refractivity contribution in [3.63, 3.8) is 0 Å². The van der Waals surface area contributed by atoms with Crippen molar-refractivity contribution < 1.29 is 138 Å². The number of carbonyl (C=O) groups excluding carboxylic acids is 12. The van der Waals surface area contributed by atoms with Crippen molar-refractivity contribution in [1.29, 1.82) is 0 Å². The van der Waals surface area contributed by atoms with Gasteiger partial charge in [-0.25, -0.2) is 28.8 Å². The van der Waals surface area contributed by atoms with Crippen molar-refractivity contribution in [2.24, 2.45) is 0 Å². The third-order valence-corrected chi connectivity index (χ3v) is 2.54. The minimum atomic E-state index is -0.985. The summed E-state index contributed by atoms with van der Waals surface area (Å²) >= 11 is 0. The van der Waals surface area contributed by atoms with Crippen LogP contribution >= 0.6 is 0 Å². The summed E-state index contributed by atoms with van der Waals surface area (Å²) in [5.41, 5.74) is 0. The van der Waals surface area contributed by atoms with E-state index in [1.807, 2.05) is 0 Å². The summed E-state index contributed by atoms with van der Waals surface area (Å²) in [5.74, 6) is -5.91. The molecule has 0 bridgehead atoms. The Morgan fingerprint density at radius 3 is 0.480 bits per heavy atom. The summed E-state index contributed by atoms with van der Waals surface area (Å²) in [6.07, 6.45) is 0.141. The molecule has 0 rings (SSSR count). The van der Waals surface area contributed by atoms with Crippen molar-refractivity contribution >= 4 is 101 Å². The first-order valence-corrected chi connectivity index (χ1v) is 12.1. The van der Waals surface area contributed by atoms with Gasteiger partial charge in [0.15, 0.2) is 0 Å². The van der Waals surface area contributed by atoms with Gasteiger partial charge in [0.1, 0.15) is 0 Å². The minimum Gasteiger partial charge on any atom is -0.852 e. The van der Waals surface area contributed by atoms with Crippen molar-refractivity contribution in [3.8, 4) is 0 Å². The van der Waals surface area contributed by atoms with Crippen LogP contribution in [0.5, 0.6) is 0 Å². The first kappa shape index (κ1) is 64.7. The zero-order valence-electron chi connectivity index (χ0n) is 25.7. The van der Waals surface area contributed by atoms with Gasteiger partial charge in [-0.15, -0.1) is 39.6 Å². The van der Waals surface area contributed by atoms with E-state index in [1.54, 1.807) is 0 Å². The first-order chi connectivity index (χ1) is 22.8. The van der Waals surface area contributed by atoms with Crippen LogP contribution < -0.4 is 30.6 Å². The Morgan fingerprint density at radius 2 is 0.420 bits per heavy atom. The fourth-order valence-electron chi connectivity index (χ4n) is 1.06. The van der Waals surface area contributed by atoms with Crippen molar-refractivity contribution in [3.05, 3.63) is 0 Å². The second-order valence-corrected chi connectivity index (χ2v) is 5.94. The van der Waals surface area contributed by atoms with Crippen molar-refractivity contribution in [1.82, 2.24) is 0 Å². The number of aldehydes is 6. The van der Waals surface area contributed by atoms with E-state index in [0.29, 0.717) is 0 Å². The Bertz CT molecular complexity index is 728. The molecule has 0 aromatic carbocycles. The fourth-order valence-corrected chi connectivity index (χ4v) is 1.06. The third-order valence-electron chi connectivity index (χ3n) is 2.54. The Kier molecular flexibility index (Phi) is 78.4. The molecular weight excluding hydrogens is 927 g/mol. The van der Waals surface area contributed by atoms with Crippen LogP contribution in [0.25, 0.3) is 0 Å². The summed E-state index contributed by atoms with van der Waals surface area (Å²) in [7, 11) is 0. The second kappa shape index (κ2) is 60.5. The van der Waals surface area contributed by atoms with Crippen LogP contribution in [0.2, 0.25) is 0 Å². The van der Waals surface area contributed by atoms with E-state index in [1.165, 1.54) is 0 Å². The van der Waals surface area contributed by atoms with Crippen LogP contribution in [0.3, 0.4) is 0 Å². The Balaban J connectivity index is -0.0000000700. The standard InChI is InChI=1S/6C4H5O4.Pb.Ti/c6*5-1-2-8-4(7)3-6;;/h6*3H,1-2H2;;/q6*-1;+2;+4. The largest absolute Gasteiger partial charge is 4.00 e. The van der Waals surface area contributed by atoms with Crippen LogP contribution in [-0.4, -0.2) is 180 Å². The molecule has 0 spiro atoms. The molecule has 0 atom stereocenters. The third kappa shape index (κ3) is 79.6. The summed E-state index contributed by atoms with van der Waals surface area (Å²) in [5, 5.41) is 57.3. The molecule has 0 aromatic heterocycles. The predicted molar refractivity (Wildman–Crippen MR) is 137 cm³/mol. The molecule has 26 heteroatoms. The summed E-state index contributed by atoms with van der Waals surface area (Å²) in [6.45, 7) is -4.35. The average molecular weight is 958 g/mol. The minimum absolute atomic E-state index is 0. The molecule has 0 saturated carbocycles. The predicted octanol–water partition coefficient (Wildman–Crippen LogP) is -11.9. The molecule has 278 valence electrons. The molecule has 24 nitrogen and oxygen atoms in total. The van der Waals surface area contributed by atoms with E-state index < -0.39 is 75.5 Å². The Morgan fingerprint density at radius 1 is 0.320 bits per heavy atom. The number of ether oxygens (including phenoxy) is 6. The number of esters is 6. The van der Waals surface area contributed by atoms with Crippen LogP contribution in [0.1, 0.15) is 0 Å². The number of hydrogen-bond acceptors (Lipinski definition) is 24. The molecular formula is C24H30O24PbTi. The Hall–Kier alpha value is -3.76. The summed E-state index contributed by atoms with van der Waals surface area (Å²) < 4.78 is 24.1. The van der Waals surface area contributed by atoms with Crippen LogP contribution in [0.15, 0.2) is 0 Å². The van der Waals surface area contributed by atoms with Gasteiger partial charge in [0.25, 0.3) is 0 Å². The number of hydrogen-bond donors (Lipinski definition) is 0. The van der Waals surface area contributed by atoms with E-state index in [0.717, 1.165) is 0 Å². The molecule has 0 fully saturated rings. The molecule has 50 heavy (non-hydrogen) atoms. The summed E-state index contributed by atoms with van der Waals surface area (Å²) in [6, 6.07) is 0. The Labute approximate surface area is 317 Å². The van der Waals surface area contributed by atoms with Gasteiger partial charge in [0.05, 0.1) is 39.6 Å². The molecule has 2 radical (unpaired) electrons. The van der Waals surface area contributed by atoms with E-state index in [4.69, 9.17) is 0 Å². The molecule has 0 aliphatic rings. The van der Waals surface area contributed by atoms with Gasteiger partial charge >= 0.3 is 84.8 Å². The topological polar surface area (TPSA) is 399 Å². The smallest absolute Gasteiger partial charge is 0.852 e. The van der Waals surface area contributed by atoms with Crippen molar-refractivity contribution in [2.45, 2.75) is 0 Å². The first-order valence-electron chi connectivity index (χ1n) is 12.1. The summed E-state index contributed by atoms with van der Waals surface area (Å²) in [4.78, 5) is 116.